The summed E-state index contributed by atoms with van der Waals surface area (Å²) in [5, 5.41) is 1.51. The molecule has 1 aromatic rings. The third-order valence-corrected chi connectivity index (χ3v) is 5.20. The fourth-order valence-corrected chi connectivity index (χ4v) is 4.19. The molecule has 1 aromatic heterocycles. The summed E-state index contributed by atoms with van der Waals surface area (Å²) >= 11 is 1.79. The summed E-state index contributed by atoms with van der Waals surface area (Å²) in [5.41, 5.74) is -0.423. The molecule has 108 valence electrons. The molecule has 2 saturated heterocycles. The minimum atomic E-state index is -0.423. The molecule has 5 heteroatoms. The molecule has 20 heavy (non-hydrogen) atoms. The predicted molar refractivity (Wildman–Crippen MR) is 78.7 cm³/mol. The van der Waals surface area contributed by atoms with Gasteiger partial charge >= 0.3 is 6.09 Å². The molecule has 0 unspecified atom stereocenters. The van der Waals surface area contributed by atoms with E-state index in [1.807, 2.05) is 50.1 Å². The van der Waals surface area contributed by atoms with Crippen molar-refractivity contribution in [3.63, 3.8) is 0 Å². The van der Waals surface area contributed by atoms with E-state index in [-0.39, 0.29) is 6.09 Å². The second kappa shape index (κ2) is 4.95. The summed E-state index contributed by atoms with van der Waals surface area (Å²) in [6.45, 7) is 6.55. The van der Waals surface area contributed by atoms with Crippen molar-refractivity contribution in [3.8, 4) is 0 Å². The molecule has 1 saturated carbocycles. The number of pyridine rings is 1. The second-order valence-electron chi connectivity index (χ2n) is 6.45. The van der Waals surface area contributed by atoms with Gasteiger partial charge in [0, 0.05) is 24.0 Å². The standard InChI is InChI=1S/C15H20N2O2S/c1-15(2,3)19-14(18)17-9-10-8-11(17)13(10)20-12-6-4-5-7-16-12/h4-7,10-11,13H,8-9H2,1-3H3/t10-,11-,13+/m1/s1. The van der Waals surface area contributed by atoms with Crippen LogP contribution in [0, 0.1) is 5.92 Å². The summed E-state index contributed by atoms with van der Waals surface area (Å²) in [5.74, 6) is 0.583. The van der Waals surface area contributed by atoms with Crippen LogP contribution in [-0.4, -0.2) is 39.4 Å². The average Bonchev–Trinajstić information content (AvgIpc) is 2.94. The Labute approximate surface area is 123 Å². The Bertz CT molecular complexity index is 500. The molecule has 0 spiro atoms. The maximum Gasteiger partial charge on any atom is 0.410 e. The second-order valence-corrected chi connectivity index (χ2v) is 7.64. The number of rotatable bonds is 2. The number of hydrogen-bond donors (Lipinski definition) is 0. The first-order valence-corrected chi connectivity index (χ1v) is 7.89. The Morgan fingerprint density at radius 3 is 2.90 bits per heavy atom. The normalized spacial score (nSPS) is 28.1. The fraction of sp³-hybridized carbons (Fsp3) is 0.600. The van der Waals surface area contributed by atoms with Gasteiger partial charge in [0.15, 0.2) is 0 Å². The molecule has 3 atom stereocenters. The van der Waals surface area contributed by atoms with Crippen molar-refractivity contribution in [3.05, 3.63) is 24.4 Å². The summed E-state index contributed by atoms with van der Waals surface area (Å²) in [7, 11) is 0. The van der Waals surface area contributed by atoms with E-state index in [1.54, 1.807) is 11.8 Å². The van der Waals surface area contributed by atoms with Crippen molar-refractivity contribution in [2.75, 3.05) is 6.54 Å². The van der Waals surface area contributed by atoms with Crippen molar-refractivity contribution in [1.82, 2.24) is 9.88 Å². The zero-order valence-electron chi connectivity index (χ0n) is 12.1. The third-order valence-electron chi connectivity index (χ3n) is 3.74. The van der Waals surface area contributed by atoms with E-state index < -0.39 is 5.60 Å². The molecule has 0 aromatic carbocycles. The number of ether oxygens (including phenoxy) is 1. The van der Waals surface area contributed by atoms with Gasteiger partial charge in [-0.3, -0.25) is 0 Å². The first-order valence-electron chi connectivity index (χ1n) is 7.01. The van der Waals surface area contributed by atoms with Gasteiger partial charge in [0.1, 0.15) is 5.60 Å². The van der Waals surface area contributed by atoms with Crippen LogP contribution < -0.4 is 0 Å². The van der Waals surface area contributed by atoms with Crippen molar-refractivity contribution >= 4 is 17.9 Å². The third kappa shape index (κ3) is 2.64. The number of carbonyl (C=O) groups excluding carboxylic acids is 1. The molecule has 1 amide bonds. The van der Waals surface area contributed by atoms with Gasteiger partial charge in [-0.15, -0.1) is 11.8 Å². The molecule has 4 nitrogen and oxygen atoms in total. The SMILES string of the molecule is CC(C)(C)OC(=O)N1C[C@H]2C[C@@H]1[C@H]2Sc1ccccn1. The Kier molecular flexibility index (Phi) is 3.40. The summed E-state index contributed by atoms with van der Waals surface area (Å²) < 4.78 is 5.48. The van der Waals surface area contributed by atoms with Crippen molar-refractivity contribution < 1.29 is 9.53 Å². The Morgan fingerprint density at radius 1 is 1.45 bits per heavy atom. The molecule has 3 fully saturated rings. The van der Waals surface area contributed by atoms with Crippen molar-refractivity contribution in [1.29, 1.82) is 0 Å². The molecular formula is C15H20N2O2S. The lowest BCUT2D eigenvalue weighted by Gasteiger charge is -2.35. The maximum absolute atomic E-state index is 12.2. The quantitative estimate of drug-likeness (QED) is 0.839. The summed E-state index contributed by atoms with van der Waals surface area (Å²) in [4.78, 5) is 18.4. The van der Waals surface area contributed by atoms with E-state index in [0.29, 0.717) is 17.2 Å². The Hall–Kier alpha value is -1.23. The first-order chi connectivity index (χ1) is 9.44. The molecule has 4 rings (SSSR count). The van der Waals surface area contributed by atoms with Crippen molar-refractivity contribution in [2.45, 2.75) is 49.1 Å². The smallest absolute Gasteiger partial charge is 0.410 e. The van der Waals surface area contributed by atoms with Crippen LogP contribution in [0.3, 0.4) is 0 Å². The predicted octanol–water partition coefficient (Wildman–Crippen LogP) is 3.18. The highest BCUT2D eigenvalue weighted by atomic mass is 32.2. The Balaban J connectivity index is 1.62. The maximum atomic E-state index is 12.2. The van der Waals surface area contributed by atoms with Crippen LogP contribution in [0.15, 0.2) is 29.4 Å². The van der Waals surface area contributed by atoms with Crippen LogP contribution in [0.2, 0.25) is 0 Å². The zero-order valence-corrected chi connectivity index (χ0v) is 12.9. The van der Waals surface area contributed by atoms with Crippen LogP contribution in [0.25, 0.3) is 0 Å². The highest BCUT2D eigenvalue weighted by Gasteiger charge is 2.55. The largest absolute Gasteiger partial charge is 0.444 e. The fourth-order valence-electron chi connectivity index (χ4n) is 2.83. The monoisotopic (exact) mass is 292 g/mol. The number of nitrogens with zero attached hydrogens (tertiary/aromatic N) is 2. The number of amides is 1. The zero-order chi connectivity index (χ0) is 14.3. The van der Waals surface area contributed by atoms with E-state index in [0.717, 1.165) is 18.0 Å². The van der Waals surface area contributed by atoms with E-state index in [9.17, 15) is 4.79 Å². The van der Waals surface area contributed by atoms with Gasteiger partial charge in [-0.2, -0.15) is 0 Å². The van der Waals surface area contributed by atoms with E-state index in [2.05, 4.69) is 4.98 Å². The molecule has 2 bridgehead atoms. The lowest BCUT2D eigenvalue weighted by Crippen LogP contribution is -2.44. The van der Waals surface area contributed by atoms with Crippen LogP contribution in [0.1, 0.15) is 27.2 Å². The molecule has 3 heterocycles. The van der Waals surface area contributed by atoms with Crippen LogP contribution >= 0.6 is 11.8 Å². The minimum absolute atomic E-state index is 0.172. The van der Waals surface area contributed by atoms with Crippen molar-refractivity contribution in [2.24, 2.45) is 5.92 Å². The number of thioether (sulfide) groups is 1. The van der Waals surface area contributed by atoms with Crippen LogP contribution in [-0.2, 0) is 4.74 Å². The molecule has 0 N–H and O–H groups in total. The van der Waals surface area contributed by atoms with Gasteiger partial charge in [-0.1, -0.05) is 6.07 Å². The highest BCUT2D eigenvalue weighted by Crippen LogP contribution is 2.49. The number of fused-ring (bicyclic) bond motifs is 1. The summed E-state index contributed by atoms with van der Waals surface area (Å²) in [6.07, 6.45) is 2.74. The molecular weight excluding hydrogens is 272 g/mol. The van der Waals surface area contributed by atoms with Gasteiger partial charge in [-0.05, 0) is 45.2 Å². The van der Waals surface area contributed by atoms with Gasteiger partial charge in [0.05, 0.1) is 5.03 Å². The molecule has 1 aliphatic carbocycles. The number of hydrogen-bond acceptors (Lipinski definition) is 4. The van der Waals surface area contributed by atoms with Gasteiger partial charge in [0.25, 0.3) is 0 Å². The van der Waals surface area contributed by atoms with Gasteiger partial charge < -0.3 is 9.64 Å². The highest BCUT2D eigenvalue weighted by molar-refractivity contribution is 8.00. The number of aromatic nitrogens is 1. The molecule has 0 radical (unpaired) electrons. The lowest BCUT2D eigenvalue weighted by atomic mass is 9.85. The van der Waals surface area contributed by atoms with Crippen LogP contribution in [0.4, 0.5) is 4.79 Å². The first kappa shape index (κ1) is 13.7. The van der Waals surface area contributed by atoms with Crippen LogP contribution in [0.5, 0.6) is 0 Å². The van der Waals surface area contributed by atoms with Gasteiger partial charge in [0.2, 0.25) is 0 Å². The summed E-state index contributed by atoms with van der Waals surface area (Å²) in [6, 6.07) is 6.26. The van der Waals surface area contributed by atoms with E-state index >= 15 is 0 Å². The van der Waals surface area contributed by atoms with E-state index in [4.69, 9.17) is 4.74 Å². The minimum Gasteiger partial charge on any atom is -0.444 e. The molecule has 3 aliphatic rings. The lowest BCUT2D eigenvalue weighted by molar-refractivity contribution is 0.0250. The van der Waals surface area contributed by atoms with Gasteiger partial charge in [-0.25, -0.2) is 9.78 Å². The number of carbonyl (C=O) groups is 1. The topological polar surface area (TPSA) is 42.4 Å². The van der Waals surface area contributed by atoms with E-state index in [1.165, 1.54) is 0 Å². The Morgan fingerprint density at radius 2 is 2.25 bits per heavy atom. The molecule has 2 aliphatic heterocycles. The average molecular weight is 292 g/mol.